The highest BCUT2D eigenvalue weighted by Crippen LogP contribution is 2.68. The molecule has 2 aliphatic rings. The maximum absolute atomic E-state index is 9.33. The second-order valence-electron chi connectivity index (χ2n) is 4.80. The molecule has 3 N–H and O–H groups in total. The first-order valence-corrected chi connectivity index (χ1v) is 5.07. The lowest BCUT2D eigenvalue weighted by Gasteiger charge is -2.24. The van der Waals surface area contributed by atoms with E-state index in [9.17, 15) is 5.11 Å². The first-order chi connectivity index (χ1) is 6.18. The molecule has 1 aliphatic heterocycles. The van der Waals surface area contributed by atoms with Gasteiger partial charge in [-0.3, -0.25) is 0 Å². The van der Waals surface area contributed by atoms with Gasteiger partial charge in [-0.1, -0.05) is 6.92 Å². The minimum absolute atomic E-state index is 0.00532. The zero-order valence-corrected chi connectivity index (χ0v) is 8.25. The Bertz CT molecular complexity index is 197. The Hall–Kier alpha value is -0.120. The third-order valence-corrected chi connectivity index (χ3v) is 4.32. The molecule has 0 aromatic heterocycles. The maximum atomic E-state index is 9.33. The molecule has 0 radical (unpaired) electrons. The molecular formula is C10H19NO2. The molecule has 3 unspecified atom stereocenters. The molecule has 0 amide bonds. The Morgan fingerprint density at radius 3 is 2.77 bits per heavy atom. The van der Waals surface area contributed by atoms with Gasteiger partial charge in [-0.15, -0.1) is 0 Å². The number of hydrogen-bond acceptors (Lipinski definition) is 3. The molecule has 0 spiro atoms. The zero-order chi connectivity index (χ0) is 9.53. The molecule has 3 atom stereocenters. The van der Waals surface area contributed by atoms with Gasteiger partial charge < -0.3 is 15.6 Å². The van der Waals surface area contributed by atoms with Crippen molar-refractivity contribution in [2.45, 2.75) is 19.8 Å². The van der Waals surface area contributed by atoms with Gasteiger partial charge in [0.15, 0.2) is 0 Å². The number of aliphatic hydroxyl groups is 1. The van der Waals surface area contributed by atoms with Crippen LogP contribution in [0.2, 0.25) is 0 Å². The fraction of sp³-hybridized carbons (Fsp3) is 1.00. The van der Waals surface area contributed by atoms with Crippen molar-refractivity contribution in [2.75, 3.05) is 26.4 Å². The maximum Gasteiger partial charge on any atom is 0.0505 e. The van der Waals surface area contributed by atoms with E-state index in [1.165, 1.54) is 0 Å². The number of nitrogens with two attached hydrogens (primary N) is 1. The Morgan fingerprint density at radius 2 is 2.38 bits per heavy atom. The van der Waals surface area contributed by atoms with E-state index < -0.39 is 0 Å². The van der Waals surface area contributed by atoms with Gasteiger partial charge in [0.25, 0.3) is 0 Å². The van der Waals surface area contributed by atoms with Crippen molar-refractivity contribution in [1.29, 1.82) is 0 Å². The minimum Gasteiger partial charge on any atom is -0.396 e. The summed E-state index contributed by atoms with van der Waals surface area (Å²) in [5.41, 5.74) is 5.97. The molecule has 3 nitrogen and oxygen atoms in total. The Labute approximate surface area is 79.3 Å². The SMILES string of the molecule is CC1(C2CCOC2)CC1(CN)CO. The Kier molecular flexibility index (Phi) is 2.13. The van der Waals surface area contributed by atoms with Crippen LogP contribution in [0.5, 0.6) is 0 Å². The average molecular weight is 185 g/mol. The van der Waals surface area contributed by atoms with E-state index in [4.69, 9.17) is 10.5 Å². The molecule has 13 heavy (non-hydrogen) atoms. The van der Waals surface area contributed by atoms with Gasteiger partial charge in [0.1, 0.15) is 0 Å². The fourth-order valence-electron chi connectivity index (χ4n) is 2.88. The normalized spacial score (nSPS) is 49.6. The lowest BCUT2D eigenvalue weighted by molar-refractivity contribution is 0.129. The van der Waals surface area contributed by atoms with Gasteiger partial charge in [0, 0.05) is 18.6 Å². The van der Waals surface area contributed by atoms with Gasteiger partial charge in [0.2, 0.25) is 0 Å². The van der Waals surface area contributed by atoms with E-state index in [2.05, 4.69) is 6.92 Å². The smallest absolute Gasteiger partial charge is 0.0505 e. The average Bonchev–Trinajstić information content (AvgIpc) is 2.58. The largest absolute Gasteiger partial charge is 0.396 e. The van der Waals surface area contributed by atoms with E-state index in [1.807, 2.05) is 0 Å². The van der Waals surface area contributed by atoms with Gasteiger partial charge in [-0.2, -0.15) is 0 Å². The van der Waals surface area contributed by atoms with Gasteiger partial charge in [-0.05, 0) is 24.2 Å². The van der Waals surface area contributed by atoms with Crippen molar-refractivity contribution in [3.8, 4) is 0 Å². The van der Waals surface area contributed by atoms with Crippen LogP contribution in [-0.2, 0) is 4.74 Å². The van der Waals surface area contributed by atoms with Crippen molar-refractivity contribution in [2.24, 2.45) is 22.5 Å². The highest BCUT2D eigenvalue weighted by atomic mass is 16.5. The molecule has 0 aromatic rings. The lowest BCUT2D eigenvalue weighted by atomic mass is 9.82. The van der Waals surface area contributed by atoms with Crippen molar-refractivity contribution < 1.29 is 9.84 Å². The molecule has 1 aliphatic carbocycles. The Morgan fingerprint density at radius 1 is 1.62 bits per heavy atom. The number of aliphatic hydroxyl groups excluding tert-OH is 1. The summed E-state index contributed by atoms with van der Waals surface area (Å²) in [5, 5.41) is 9.33. The molecule has 3 heteroatoms. The van der Waals surface area contributed by atoms with Crippen LogP contribution in [0.15, 0.2) is 0 Å². The van der Waals surface area contributed by atoms with Crippen molar-refractivity contribution >= 4 is 0 Å². The van der Waals surface area contributed by atoms with Crippen LogP contribution in [0.1, 0.15) is 19.8 Å². The molecule has 1 heterocycles. The van der Waals surface area contributed by atoms with Gasteiger partial charge in [-0.25, -0.2) is 0 Å². The molecule has 1 saturated carbocycles. The second-order valence-corrected chi connectivity index (χ2v) is 4.80. The van der Waals surface area contributed by atoms with Crippen LogP contribution in [-0.4, -0.2) is 31.5 Å². The quantitative estimate of drug-likeness (QED) is 0.668. The molecule has 0 bridgehead atoms. The predicted octanol–water partition coefficient (Wildman–Crippen LogP) is 0.370. The first-order valence-electron chi connectivity index (χ1n) is 5.07. The first kappa shape index (κ1) is 9.44. The summed E-state index contributed by atoms with van der Waals surface area (Å²) in [4.78, 5) is 0. The van der Waals surface area contributed by atoms with E-state index in [-0.39, 0.29) is 17.4 Å². The molecule has 2 fully saturated rings. The molecule has 0 aromatic carbocycles. The van der Waals surface area contributed by atoms with Crippen LogP contribution < -0.4 is 5.73 Å². The van der Waals surface area contributed by atoms with Crippen LogP contribution in [0, 0.1) is 16.7 Å². The standard InChI is InChI=1S/C10H19NO2/c1-9(8-2-3-13-4-8)5-10(9,6-11)7-12/h8,12H,2-7,11H2,1H3. The number of ether oxygens (including phenoxy) is 1. The van der Waals surface area contributed by atoms with Crippen LogP contribution in [0.4, 0.5) is 0 Å². The third kappa shape index (κ3) is 1.14. The summed E-state index contributed by atoms with van der Waals surface area (Å²) in [5.74, 6) is 0.614. The third-order valence-electron chi connectivity index (χ3n) is 4.32. The summed E-state index contributed by atoms with van der Waals surface area (Å²) in [6.07, 6.45) is 2.21. The molecule has 2 rings (SSSR count). The van der Waals surface area contributed by atoms with Crippen LogP contribution in [0.3, 0.4) is 0 Å². The van der Waals surface area contributed by atoms with E-state index >= 15 is 0 Å². The summed E-state index contributed by atoms with van der Waals surface area (Å²) >= 11 is 0. The second kappa shape index (κ2) is 2.94. The Balaban J connectivity index is 2.07. The topological polar surface area (TPSA) is 55.5 Å². The molecule has 1 saturated heterocycles. The summed E-state index contributed by atoms with van der Waals surface area (Å²) in [6, 6.07) is 0. The highest BCUT2D eigenvalue weighted by Gasteiger charge is 2.66. The summed E-state index contributed by atoms with van der Waals surface area (Å²) in [7, 11) is 0. The summed E-state index contributed by atoms with van der Waals surface area (Å²) < 4.78 is 5.38. The number of rotatable bonds is 3. The molecule has 76 valence electrons. The van der Waals surface area contributed by atoms with Crippen LogP contribution in [0.25, 0.3) is 0 Å². The van der Waals surface area contributed by atoms with E-state index in [1.54, 1.807) is 0 Å². The van der Waals surface area contributed by atoms with Crippen LogP contribution >= 0.6 is 0 Å². The monoisotopic (exact) mass is 185 g/mol. The zero-order valence-electron chi connectivity index (χ0n) is 8.25. The van der Waals surface area contributed by atoms with Crippen molar-refractivity contribution in [3.05, 3.63) is 0 Å². The lowest BCUT2D eigenvalue weighted by Crippen LogP contribution is -2.30. The van der Waals surface area contributed by atoms with Gasteiger partial charge in [0.05, 0.1) is 13.2 Å². The summed E-state index contributed by atoms with van der Waals surface area (Å²) in [6.45, 7) is 4.83. The van der Waals surface area contributed by atoms with Gasteiger partial charge >= 0.3 is 0 Å². The minimum atomic E-state index is 0.00532. The molecular weight excluding hydrogens is 166 g/mol. The predicted molar refractivity (Wildman–Crippen MR) is 50.2 cm³/mol. The highest BCUT2D eigenvalue weighted by molar-refractivity contribution is 5.15. The fourth-order valence-corrected chi connectivity index (χ4v) is 2.88. The van der Waals surface area contributed by atoms with Crippen molar-refractivity contribution in [3.63, 3.8) is 0 Å². The van der Waals surface area contributed by atoms with E-state index in [0.717, 1.165) is 26.1 Å². The number of hydrogen-bond donors (Lipinski definition) is 2. The van der Waals surface area contributed by atoms with E-state index in [0.29, 0.717) is 12.5 Å². The van der Waals surface area contributed by atoms with Crippen molar-refractivity contribution in [1.82, 2.24) is 0 Å².